The molecule has 2 N–H and O–H groups in total. The van der Waals surface area contributed by atoms with E-state index in [1.807, 2.05) is 91.0 Å². The number of ether oxygens (including phenoxy) is 3. The first kappa shape index (κ1) is 51.1. The van der Waals surface area contributed by atoms with Gasteiger partial charge in [0.2, 0.25) is 20.1 Å². The summed E-state index contributed by atoms with van der Waals surface area (Å²) in [6.07, 6.45) is -0.917. The van der Waals surface area contributed by atoms with E-state index in [4.69, 9.17) is 23.2 Å². The minimum atomic E-state index is -2.49. The van der Waals surface area contributed by atoms with Crippen LogP contribution in [0.4, 0.5) is 5.69 Å². The zero-order valence-electron chi connectivity index (χ0n) is 39.8. The van der Waals surface area contributed by atoms with Gasteiger partial charge in [-0.25, -0.2) is 4.79 Å². The molecule has 1 aromatic heterocycles. The molecule has 1 heterocycles. The van der Waals surface area contributed by atoms with Gasteiger partial charge >= 0.3 is 5.97 Å². The van der Waals surface area contributed by atoms with Crippen molar-refractivity contribution in [3.05, 3.63) is 182 Å². The Kier molecular flexibility index (Phi) is 17.0. The number of rotatable bonds is 22. The van der Waals surface area contributed by atoms with E-state index >= 15 is 0 Å². The Morgan fingerprint density at radius 1 is 0.882 bits per heavy atom. The highest BCUT2D eigenvalue weighted by Crippen LogP contribution is 2.44. The third-order valence-electron chi connectivity index (χ3n) is 12.2. The average Bonchev–Trinajstić information content (AvgIpc) is 3.77. The molecule has 0 bridgehead atoms. The van der Waals surface area contributed by atoms with Crippen molar-refractivity contribution >= 4 is 37.6 Å². The van der Waals surface area contributed by atoms with Crippen LogP contribution in [0, 0.1) is 24.0 Å². The van der Waals surface area contributed by atoms with Crippen molar-refractivity contribution in [1.29, 1.82) is 0 Å². The summed E-state index contributed by atoms with van der Waals surface area (Å²) in [5.74, 6) is 1.07. The summed E-state index contributed by atoms with van der Waals surface area (Å²) in [5, 5.41) is 29.5. The van der Waals surface area contributed by atoms with Gasteiger partial charge in [-0.1, -0.05) is 117 Å². The molecule has 68 heavy (non-hydrogen) atoms. The first-order valence-corrected chi connectivity index (χ1v) is 26.5. The van der Waals surface area contributed by atoms with Gasteiger partial charge in [0.25, 0.3) is 5.69 Å². The van der Waals surface area contributed by atoms with Crippen LogP contribution in [0.25, 0.3) is 0 Å². The van der Waals surface area contributed by atoms with Crippen molar-refractivity contribution in [3.8, 4) is 11.5 Å². The number of amides is 1. The SMILES string of the molecule is COc1cc(O[Si](C)(C)C(C)(C)C)c(CSC[C@@H](NC(=O)CC[C@@H](O)COC(c2ccccc2)(c2ccccc2)c2ccccc2)c2nc(C)no2)c(C(=O)OCc2ccc([N+](=O)[O-])cc2)c1C. The molecule has 0 saturated heterocycles. The van der Waals surface area contributed by atoms with Crippen LogP contribution in [0.1, 0.15) is 95.1 Å². The molecule has 0 aliphatic heterocycles. The van der Waals surface area contributed by atoms with Gasteiger partial charge in [0.1, 0.15) is 29.7 Å². The minimum Gasteiger partial charge on any atom is -0.543 e. The van der Waals surface area contributed by atoms with Crippen LogP contribution in [0.15, 0.2) is 126 Å². The van der Waals surface area contributed by atoms with Gasteiger partial charge in [-0.15, -0.1) is 0 Å². The summed E-state index contributed by atoms with van der Waals surface area (Å²) in [6.45, 7) is 13.9. The highest BCUT2D eigenvalue weighted by molar-refractivity contribution is 7.98. The number of non-ortho nitro benzene ring substituents is 1. The Hall–Kier alpha value is -6.33. The standard InChI is InChI=1S/C52H60N4O10SSi/c1-35-45(62-6)30-46(66-68(7,8)51(3,4)5)43(48(35)50(59)63-31-37-24-26-41(27-25-37)56(60)61)33-67-34-44(49-53-36(2)55-65-49)54-47(58)29-28-42(57)32-64-52(38-18-12-9-13-19-38,39-20-14-10-15-21-39)40-22-16-11-17-23-40/h9-27,30,42,44,57H,28-29,31-34H2,1-8H3,(H,54,58)/t42-,44-/m1/s1. The second-order valence-electron chi connectivity index (χ2n) is 18.0. The van der Waals surface area contributed by atoms with Crippen molar-refractivity contribution in [2.75, 3.05) is 19.5 Å². The van der Waals surface area contributed by atoms with Crippen molar-refractivity contribution in [3.63, 3.8) is 0 Å². The number of nitrogens with zero attached hydrogens (tertiary/aromatic N) is 3. The van der Waals surface area contributed by atoms with Crippen LogP contribution in [-0.4, -0.2) is 65.9 Å². The molecule has 358 valence electrons. The Morgan fingerprint density at radius 3 is 1.96 bits per heavy atom. The van der Waals surface area contributed by atoms with Crippen LogP contribution < -0.4 is 14.5 Å². The van der Waals surface area contributed by atoms with E-state index in [0.717, 1.165) is 16.7 Å². The van der Waals surface area contributed by atoms with Crippen molar-refractivity contribution in [2.45, 2.75) is 95.7 Å². The smallest absolute Gasteiger partial charge is 0.339 e. The first-order chi connectivity index (χ1) is 32.4. The van der Waals surface area contributed by atoms with Crippen LogP contribution in [0.3, 0.4) is 0 Å². The molecule has 0 spiro atoms. The molecule has 2 atom stereocenters. The number of nitrogens with one attached hydrogen (secondary N) is 1. The number of hydrogen-bond donors (Lipinski definition) is 2. The lowest BCUT2D eigenvalue weighted by atomic mass is 9.80. The molecule has 14 nitrogen and oxygen atoms in total. The van der Waals surface area contributed by atoms with Crippen LogP contribution in [0.5, 0.6) is 11.5 Å². The predicted molar refractivity (Wildman–Crippen MR) is 264 cm³/mol. The molecule has 0 aliphatic carbocycles. The van der Waals surface area contributed by atoms with E-state index in [2.05, 4.69) is 49.3 Å². The maximum Gasteiger partial charge on any atom is 0.339 e. The highest BCUT2D eigenvalue weighted by Gasteiger charge is 2.41. The molecule has 6 rings (SSSR count). The molecule has 0 radical (unpaired) electrons. The Morgan fingerprint density at radius 2 is 1.46 bits per heavy atom. The maximum atomic E-state index is 14.2. The fourth-order valence-corrected chi connectivity index (χ4v) is 9.53. The van der Waals surface area contributed by atoms with Gasteiger partial charge in [0.15, 0.2) is 5.82 Å². The van der Waals surface area contributed by atoms with Crippen molar-refractivity contribution < 1.29 is 42.8 Å². The number of thioether (sulfide) groups is 1. The number of esters is 1. The maximum absolute atomic E-state index is 14.2. The summed E-state index contributed by atoms with van der Waals surface area (Å²) < 4.78 is 30.9. The number of carbonyl (C=O) groups excluding carboxylic acids is 2. The molecule has 0 saturated carbocycles. The number of methoxy groups -OCH3 is 1. The molecule has 0 unspecified atom stereocenters. The molecule has 0 fully saturated rings. The molecule has 16 heteroatoms. The minimum absolute atomic E-state index is 0.0270. The zero-order chi connectivity index (χ0) is 49.1. The second kappa shape index (κ2) is 22.6. The van der Waals surface area contributed by atoms with E-state index in [1.165, 1.54) is 31.0 Å². The lowest BCUT2D eigenvalue weighted by Gasteiger charge is -2.37. The topological polar surface area (TPSA) is 185 Å². The highest BCUT2D eigenvalue weighted by atomic mass is 32.2. The number of nitro groups is 1. The predicted octanol–water partition coefficient (Wildman–Crippen LogP) is 10.6. The van der Waals surface area contributed by atoms with Crippen molar-refractivity contribution in [2.24, 2.45) is 0 Å². The van der Waals surface area contributed by atoms with E-state index in [1.54, 1.807) is 32.0 Å². The summed E-state index contributed by atoms with van der Waals surface area (Å²) in [5.41, 5.74) is 3.56. The summed E-state index contributed by atoms with van der Waals surface area (Å²) in [4.78, 5) is 43.1. The van der Waals surface area contributed by atoms with Gasteiger partial charge in [0, 0.05) is 47.3 Å². The summed E-state index contributed by atoms with van der Waals surface area (Å²) in [7, 11) is -0.960. The van der Waals surface area contributed by atoms with Gasteiger partial charge < -0.3 is 33.6 Å². The van der Waals surface area contributed by atoms with Crippen LogP contribution >= 0.6 is 11.8 Å². The first-order valence-electron chi connectivity index (χ1n) is 22.4. The fraction of sp³-hybridized carbons (Fsp3) is 0.346. The molecule has 5 aromatic carbocycles. The quantitative estimate of drug-likeness (QED) is 0.0215. The Bertz CT molecular complexity index is 2530. The zero-order valence-corrected chi connectivity index (χ0v) is 41.6. The van der Waals surface area contributed by atoms with Crippen molar-refractivity contribution in [1.82, 2.24) is 15.5 Å². The lowest BCUT2D eigenvalue weighted by molar-refractivity contribution is -0.384. The Labute approximate surface area is 403 Å². The van der Waals surface area contributed by atoms with Gasteiger partial charge in [-0.3, -0.25) is 14.9 Å². The van der Waals surface area contributed by atoms with E-state index in [-0.39, 0.29) is 65.6 Å². The fourth-order valence-electron chi connectivity index (χ4n) is 7.42. The summed E-state index contributed by atoms with van der Waals surface area (Å²) >= 11 is 1.42. The Balaban J connectivity index is 1.20. The third kappa shape index (κ3) is 12.4. The molecular weight excluding hydrogens is 901 g/mol. The van der Waals surface area contributed by atoms with Gasteiger partial charge in [0.05, 0.1) is 30.3 Å². The number of hydrogen-bond acceptors (Lipinski definition) is 13. The number of nitro benzene ring substituents is 1. The number of aryl methyl sites for hydroxylation is 1. The van der Waals surface area contributed by atoms with E-state index < -0.39 is 37.0 Å². The monoisotopic (exact) mass is 960 g/mol. The number of carbonyl (C=O) groups is 2. The third-order valence-corrected chi connectivity index (χ3v) is 17.6. The number of aliphatic hydroxyl groups excluding tert-OH is 1. The van der Waals surface area contributed by atoms with Crippen LogP contribution in [0.2, 0.25) is 18.1 Å². The second-order valence-corrected chi connectivity index (χ2v) is 23.8. The van der Waals surface area contributed by atoms with E-state index in [0.29, 0.717) is 34.0 Å². The normalized spacial score (nSPS) is 12.8. The largest absolute Gasteiger partial charge is 0.543 e. The average molecular weight is 961 g/mol. The number of benzene rings is 5. The van der Waals surface area contributed by atoms with Crippen LogP contribution in [-0.2, 0) is 32.2 Å². The molecule has 1 amide bonds. The molecular formula is C52H60N4O10SSi. The number of aromatic nitrogens is 2. The lowest BCUT2D eigenvalue weighted by Crippen LogP contribution is -2.44. The number of aliphatic hydroxyl groups is 1. The van der Waals surface area contributed by atoms with Gasteiger partial charge in [-0.05, 0) is 72.8 Å². The van der Waals surface area contributed by atoms with E-state index in [9.17, 15) is 24.8 Å². The molecule has 6 aromatic rings. The summed E-state index contributed by atoms with van der Waals surface area (Å²) in [6, 6.07) is 36.5. The molecule has 0 aliphatic rings. The van der Waals surface area contributed by atoms with Gasteiger partial charge in [-0.2, -0.15) is 16.7 Å².